The first kappa shape index (κ1) is 14.4. The molecule has 1 aromatic heterocycles. The summed E-state index contributed by atoms with van der Waals surface area (Å²) in [5.41, 5.74) is 0.764. The molecule has 0 atom stereocenters. The fourth-order valence-corrected chi connectivity index (χ4v) is 2.38. The normalized spacial score (nSPS) is 11.2. The van der Waals surface area contributed by atoms with Crippen molar-refractivity contribution in [1.29, 1.82) is 0 Å². The number of hydrogen-bond acceptors (Lipinski definition) is 2. The minimum atomic E-state index is 0.218. The molecule has 3 nitrogen and oxygen atoms in total. The summed E-state index contributed by atoms with van der Waals surface area (Å²) in [5.74, 6) is 0.767. The first-order chi connectivity index (χ1) is 9.09. The van der Waals surface area contributed by atoms with Crippen LogP contribution in [0.15, 0.2) is 30.6 Å². The van der Waals surface area contributed by atoms with Crippen LogP contribution in [-0.2, 0) is 11.3 Å². The third-order valence-corrected chi connectivity index (χ3v) is 3.32. The molecule has 0 N–H and O–H groups in total. The highest BCUT2D eigenvalue weighted by Crippen LogP contribution is 2.33. The van der Waals surface area contributed by atoms with E-state index in [9.17, 15) is 0 Å². The van der Waals surface area contributed by atoms with E-state index in [-0.39, 0.29) is 6.10 Å². The van der Waals surface area contributed by atoms with E-state index in [0.29, 0.717) is 16.7 Å². The van der Waals surface area contributed by atoms with Gasteiger partial charge in [0.25, 0.3) is 0 Å². The quantitative estimate of drug-likeness (QED) is 0.824. The van der Waals surface area contributed by atoms with E-state index in [2.05, 4.69) is 4.98 Å². The second-order valence-electron chi connectivity index (χ2n) is 4.46. The molecule has 5 heteroatoms. The summed E-state index contributed by atoms with van der Waals surface area (Å²) in [6.07, 6.45) is 3.86. The lowest BCUT2D eigenvalue weighted by Gasteiger charge is -2.12. The number of ether oxygens (including phenoxy) is 1. The fraction of sp³-hybridized carbons (Fsp3) is 0.357. The predicted molar refractivity (Wildman–Crippen MR) is 78.8 cm³/mol. The van der Waals surface area contributed by atoms with Crippen LogP contribution in [0.4, 0.5) is 0 Å². The van der Waals surface area contributed by atoms with Gasteiger partial charge in [-0.05, 0) is 26.0 Å². The topological polar surface area (TPSA) is 27.1 Å². The number of halogens is 2. The Bertz CT molecular complexity index is 532. The van der Waals surface area contributed by atoms with Crippen LogP contribution in [0.5, 0.6) is 0 Å². The number of benzene rings is 1. The molecule has 0 aliphatic heterocycles. The van der Waals surface area contributed by atoms with Gasteiger partial charge in [0, 0.05) is 18.9 Å². The number of imidazole rings is 1. The zero-order valence-electron chi connectivity index (χ0n) is 10.9. The van der Waals surface area contributed by atoms with Crippen LogP contribution in [0.25, 0.3) is 11.4 Å². The number of nitrogens with zero attached hydrogens (tertiary/aromatic N) is 2. The van der Waals surface area contributed by atoms with Crippen molar-refractivity contribution >= 4 is 23.2 Å². The average molecular weight is 299 g/mol. The standard InChI is InChI=1S/C14H16Cl2N2O/c1-10(2)19-9-8-18-7-6-17-14(18)13-11(15)4-3-5-12(13)16/h3-7,10H,8-9H2,1-2H3. The molecule has 0 radical (unpaired) electrons. The Labute approximate surface area is 123 Å². The van der Waals surface area contributed by atoms with Crippen LogP contribution in [0.3, 0.4) is 0 Å². The smallest absolute Gasteiger partial charge is 0.142 e. The average Bonchev–Trinajstić information content (AvgIpc) is 2.77. The van der Waals surface area contributed by atoms with Crippen molar-refractivity contribution in [1.82, 2.24) is 9.55 Å². The molecule has 2 aromatic rings. The summed E-state index contributed by atoms with van der Waals surface area (Å²) < 4.78 is 7.55. The van der Waals surface area contributed by atoms with Gasteiger partial charge in [-0.2, -0.15) is 0 Å². The van der Waals surface area contributed by atoms with Crippen molar-refractivity contribution < 1.29 is 4.74 Å². The molecule has 2 rings (SSSR count). The van der Waals surface area contributed by atoms with E-state index < -0.39 is 0 Å². The molecule has 0 saturated heterocycles. The van der Waals surface area contributed by atoms with Crippen molar-refractivity contribution in [2.45, 2.75) is 26.5 Å². The maximum Gasteiger partial charge on any atom is 0.142 e. The molecule has 0 amide bonds. The Hall–Kier alpha value is -1.03. The van der Waals surface area contributed by atoms with Gasteiger partial charge < -0.3 is 9.30 Å². The van der Waals surface area contributed by atoms with Gasteiger partial charge in [0.05, 0.1) is 28.3 Å². The largest absolute Gasteiger partial charge is 0.377 e. The summed E-state index contributed by atoms with van der Waals surface area (Å²) in [7, 11) is 0. The first-order valence-electron chi connectivity index (χ1n) is 6.16. The van der Waals surface area contributed by atoms with Crippen molar-refractivity contribution in [3.05, 3.63) is 40.6 Å². The fourth-order valence-electron chi connectivity index (χ4n) is 1.82. The molecule has 0 unspecified atom stereocenters. The SMILES string of the molecule is CC(C)OCCn1ccnc1-c1c(Cl)cccc1Cl. The Morgan fingerprint density at radius 2 is 1.95 bits per heavy atom. The molecule has 19 heavy (non-hydrogen) atoms. The van der Waals surface area contributed by atoms with Gasteiger partial charge in [0.15, 0.2) is 0 Å². The van der Waals surface area contributed by atoms with Crippen molar-refractivity contribution in [3.63, 3.8) is 0 Å². The van der Waals surface area contributed by atoms with Gasteiger partial charge in [0.1, 0.15) is 5.82 Å². The van der Waals surface area contributed by atoms with Gasteiger partial charge in [-0.25, -0.2) is 4.98 Å². The first-order valence-corrected chi connectivity index (χ1v) is 6.92. The van der Waals surface area contributed by atoms with E-state index >= 15 is 0 Å². The van der Waals surface area contributed by atoms with Crippen LogP contribution in [-0.4, -0.2) is 22.3 Å². The summed E-state index contributed by atoms with van der Waals surface area (Å²) in [4.78, 5) is 4.34. The van der Waals surface area contributed by atoms with Gasteiger partial charge >= 0.3 is 0 Å². The Morgan fingerprint density at radius 3 is 2.58 bits per heavy atom. The highest BCUT2D eigenvalue weighted by atomic mass is 35.5. The van der Waals surface area contributed by atoms with Gasteiger partial charge in [-0.1, -0.05) is 29.3 Å². The minimum Gasteiger partial charge on any atom is -0.377 e. The zero-order chi connectivity index (χ0) is 13.8. The molecule has 1 aromatic carbocycles. The summed E-state index contributed by atoms with van der Waals surface area (Å²) >= 11 is 12.4. The lowest BCUT2D eigenvalue weighted by molar-refractivity contribution is 0.0729. The van der Waals surface area contributed by atoms with Gasteiger partial charge in [0.2, 0.25) is 0 Å². The summed E-state index contributed by atoms with van der Waals surface area (Å²) in [6.45, 7) is 5.37. The van der Waals surface area contributed by atoms with E-state index in [1.807, 2.05) is 42.8 Å². The molecule has 0 aliphatic rings. The molecule has 1 heterocycles. The molecule has 0 bridgehead atoms. The zero-order valence-corrected chi connectivity index (χ0v) is 12.4. The van der Waals surface area contributed by atoms with Crippen LogP contribution in [0.2, 0.25) is 10.0 Å². The predicted octanol–water partition coefficient (Wildman–Crippen LogP) is 4.28. The summed E-state index contributed by atoms with van der Waals surface area (Å²) in [5, 5.41) is 1.20. The lowest BCUT2D eigenvalue weighted by atomic mass is 10.2. The van der Waals surface area contributed by atoms with E-state index in [1.165, 1.54) is 0 Å². The van der Waals surface area contributed by atoms with Gasteiger partial charge in [-0.15, -0.1) is 0 Å². The van der Waals surface area contributed by atoms with Crippen molar-refractivity contribution in [2.24, 2.45) is 0 Å². The molecule has 0 fully saturated rings. The lowest BCUT2D eigenvalue weighted by Crippen LogP contribution is -2.11. The van der Waals surface area contributed by atoms with Crippen LogP contribution in [0, 0.1) is 0 Å². The number of rotatable bonds is 5. The maximum atomic E-state index is 6.21. The molecular weight excluding hydrogens is 283 g/mol. The van der Waals surface area contributed by atoms with Crippen LogP contribution >= 0.6 is 23.2 Å². The Balaban J connectivity index is 2.24. The number of aromatic nitrogens is 2. The van der Waals surface area contributed by atoms with E-state index in [1.54, 1.807) is 6.20 Å². The van der Waals surface area contributed by atoms with Gasteiger partial charge in [-0.3, -0.25) is 0 Å². The molecule has 0 saturated carbocycles. The van der Waals surface area contributed by atoms with Crippen molar-refractivity contribution in [2.75, 3.05) is 6.61 Å². The van der Waals surface area contributed by atoms with E-state index in [0.717, 1.165) is 17.9 Å². The molecule has 0 aliphatic carbocycles. The Kier molecular flexibility index (Phi) is 4.86. The molecule has 0 spiro atoms. The molecular formula is C14H16Cl2N2O. The van der Waals surface area contributed by atoms with Crippen LogP contribution in [0.1, 0.15) is 13.8 Å². The Morgan fingerprint density at radius 1 is 1.26 bits per heavy atom. The summed E-state index contributed by atoms with van der Waals surface area (Å²) in [6, 6.07) is 5.45. The molecule has 102 valence electrons. The second kappa shape index (κ2) is 6.42. The minimum absolute atomic E-state index is 0.218. The highest BCUT2D eigenvalue weighted by Gasteiger charge is 2.13. The monoisotopic (exact) mass is 298 g/mol. The number of hydrogen-bond donors (Lipinski definition) is 0. The third kappa shape index (κ3) is 3.50. The third-order valence-electron chi connectivity index (χ3n) is 2.69. The van der Waals surface area contributed by atoms with Crippen molar-refractivity contribution in [3.8, 4) is 11.4 Å². The maximum absolute atomic E-state index is 6.21. The second-order valence-corrected chi connectivity index (χ2v) is 5.27. The van der Waals surface area contributed by atoms with E-state index in [4.69, 9.17) is 27.9 Å². The van der Waals surface area contributed by atoms with Crippen LogP contribution < -0.4 is 0 Å². The highest BCUT2D eigenvalue weighted by molar-refractivity contribution is 6.38.